The third-order valence-electron chi connectivity index (χ3n) is 3.57. The molecule has 0 aliphatic heterocycles. The molecule has 27 heavy (non-hydrogen) atoms. The van der Waals surface area contributed by atoms with Crippen molar-refractivity contribution in [1.29, 1.82) is 5.26 Å². The van der Waals surface area contributed by atoms with Gasteiger partial charge in [-0.25, -0.2) is 9.97 Å². The molecule has 5 N–H and O–H groups in total. The number of benzene rings is 1. The number of primary amides is 1. The summed E-state index contributed by atoms with van der Waals surface area (Å²) in [6.07, 6.45) is 4.84. The average molecular weight is 441 g/mol. The van der Waals surface area contributed by atoms with Gasteiger partial charge in [0.1, 0.15) is 5.82 Å². The minimum Gasteiger partial charge on any atom is -0.383 e. The molecule has 0 atom stereocenters. The van der Waals surface area contributed by atoms with E-state index in [2.05, 4.69) is 30.9 Å². The van der Waals surface area contributed by atoms with Crippen molar-refractivity contribution in [3.8, 4) is 6.07 Å². The van der Waals surface area contributed by atoms with Crippen LogP contribution in [0, 0.1) is 11.3 Å². The molecule has 0 bridgehead atoms. The summed E-state index contributed by atoms with van der Waals surface area (Å²) in [5.41, 5.74) is 13.3. The molecule has 4 rings (SSSR count). The zero-order valence-electron chi connectivity index (χ0n) is 13.8. The first kappa shape index (κ1) is 18.6. The molecule has 0 saturated carbocycles. The highest BCUT2D eigenvalue weighted by molar-refractivity contribution is 9.10. The van der Waals surface area contributed by atoms with Crippen molar-refractivity contribution in [2.24, 2.45) is 5.73 Å². The third kappa shape index (κ3) is 3.97. The molecular formula is C18H13BrN6OS. The van der Waals surface area contributed by atoms with Crippen LogP contribution in [0.25, 0.3) is 27.2 Å². The Morgan fingerprint density at radius 3 is 2.85 bits per heavy atom. The summed E-state index contributed by atoms with van der Waals surface area (Å²) in [6.45, 7) is 0. The number of pyridine rings is 1. The second-order valence-corrected chi connectivity index (χ2v) is 7.05. The standard InChI is InChI=1S/C10H6BrN3S.C8H7N3O/c11-7-5-15-9-6(2-1-3-12)4-14-10(13)8(7)9;9-7(12)8-10-5-3-1-2-4-6(5)11-8/h1-2,4-5H,(H2,13,14);1-4H,(H2,9,12)(H,10,11)/b2-1+;. The second kappa shape index (κ2) is 7.99. The van der Waals surface area contributed by atoms with Crippen molar-refractivity contribution in [1.82, 2.24) is 15.0 Å². The van der Waals surface area contributed by atoms with Gasteiger partial charge in [0.15, 0.2) is 5.82 Å². The number of carbonyl (C=O) groups excluding carboxylic acids is 1. The van der Waals surface area contributed by atoms with Crippen LogP contribution in [0.3, 0.4) is 0 Å². The number of rotatable bonds is 2. The molecule has 0 radical (unpaired) electrons. The van der Waals surface area contributed by atoms with Crippen molar-refractivity contribution in [2.75, 3.05) is 5.73 Å². The first-order chi connectivity index (χ1) is 13.0. The fourth-order valence-corrected chi connectivity index (χ4v) is 4.11. The van der Waals surface area contributed by atoms with Gasteiger partial charge in [-0.3, -0.25) is 4.79 Å². The first-order valence-corrected chi connectivity index (χ1v) is 9.30. The van der Waals surface area contributed by atoms with E-state index in [1.807, 2.05) is 35.7 Å². The third-order valence-corrected chi connectivity index (χ3v) is 5.52. The van der Waals surface area contributed by atoms with Gasteiger partial charge >= 0.3 is 0 Å². The molecular weight excluding hydrogens is 428 g/mol. The van der Waals surface area contributed by atoms with Crippen molar-refractivity contribution in [2.45, 2.75) is 0 Å². The van der Waals surface area contributed by atoms with Crippen molar-refractivity contribution in [3.63, 3.8) is 0 Å². The molecule has 0 unspecified atom stereocenters. The molecule has 0 fully saturated rings. The van der Waals surface area contributed by atoms with Gasteiger partial charge in [0.05, 0.1) is 17.1 Å². The number of nitrogen functional groups attached to an aromatic ring is 1. The van der Waals surface area contributed by atoms with Gasteiger partial charge in [-0.15, -0.1) is 11.3 Å². The number of aromatic nitrogens is 3. The number of allylic oxidation sites excluding steroid dienone is 1. The van der Waals surface area contributed by atoms with E-state index in [0.717, 1.165) is 31.2 Å². The number of nitriles is 1. The minimum atomic E-state index is -0.536. The van der Waals surface area contributed by atoms with Crippen LogP contribution in [0.5, 0.6) is 0 Å². The lowest BCUT2D eigenvalue weighted by Gasteiger charge is -1.99. The zero-order chi connectivity index (χ0) is 19.4. The van der Waals surface area contributed by atoms with E-state index in [9.17, 15) is 4.79 Å². The fourth-order valence-electron chi connectivity index (χ4n) is 2.37. The van der Waals surface area contributed by atoms with Crippen molar-refractivity contribution < 1.29 is 4.79 Å². The summed E-state index contributed by atoms with van der Waals surface area (Å²) in [5.74, 6) is 0.176. The molecule has 3 aromatic heterocycles. The molecule has 7 nitrogen and oxygen atoms in total. The van der Waals surface area contributed by atoms with Gasteiger partial charge in [-0.1, -0.05) is 12.1 Å². The topological polar surface area (TPSA) is 134 Å². The van der Waals surface area contributed by atoms with E-state index in [1.165, 1.54) is 6.08 Å². The van der Waals surface area contributed by atoms with E-state index in [0.29, 0.717) is 5.82 Å². The zero-order valence-corrected chi connectivity index (χ0v) is 16.2. The lowest BCUT2D eigenvalue weighted by molar-refractivity contribution is 0.0991. The van der Waals surface area contributed by atoms with Gasteiger partial charge in [0.25, 0.3) is 5.91 Å². The SMILES string of the molecule is N#C/C=C/c1cnc(N)c2c(Br)csc12.NC(=O)c1nc2ccccc2[nH]1. The molecule has 1 amide bonds. The molecule has 3 heterocycles. The Morgan fingerprint density at radius 2 is 2.15 bits per heavy atom. The second-order valence-electron chi connectivity index (χ2n) is 5.32. The van der Waals surface area contributed by atoms with Crippen molar-refractivity contribution >= 4 is 66.2 Å². The van der Waals surface area contributed by atoms with Crippen molar-refractivity contribution in [3.05, 3.63) is 57.8 Å². The smallest absolute Gasteiger partial charge is 0.284 e. The number of imidazole rings is 1. The molecule has 4 aromatic rings. The lowest BCUT2D eigenvalue weighted by Crippen LogP contribution is -2.12. The molecule has 9 heteroatoms. The van der Waals surface area contributed by atoms with Gasteiger partial charge in [0, 0.05) is 37.8 Å². The number of para-hydroxylation sites is 2. The molecule has 0 aliphatic rings. The van der Waals surface area contributed by atoms with Crippen LogP contribution in [0.2, 0.25) is 0 Å². The van der Waals surface area contributed by atoms with Crippen LogP contribution in [-0.4, -0.2) is 20.9 Å². The van der Waals surface area contributed by atoms with E-state index < -0.39 is 5.91 Å². The number of fused-ring (bicyclic) bond motifs is 2. The van der Waals surface area contributed by atoms with Gasteiger partial charge in [-0.05, 0) is 34.1 Å². The summed E-state index contributed by atoms with van der Waals surface area (Å²) in [7, 11) is 0. The predicted octanol–water partition coefficient (Wildman–Crippen LogP) is 3.84. The van der Waals surface area contributed by atoms with Gasteiger partial charge in [-0.2, -0.15) is 5.26 Å². The lowest BCUT2D eigenvalue weighted by atomic mass is 10.2. The van der Waals surface area contributed by atoms with Crippen LogP contribution in [-0.2, 0) is 0 Å². The number of thiophene rings is 1. The number of hydrogen-bond donors (Lipinski definition) is 3. The number of amides is 1. The maximum Gasteiger partial charge on any atom is 0.284 e. The van der Waals surface area contributed by atoms with Gasteiger partial charge < -0.3 is 16.5 Å². The average Bonchev–Trinajstić information content (AvgIpc) is 3.26. The Balaban J connectivity index is 0.000000159. The molecule has 1 aromatic carbocycles. The fraction of sp³-hybridized carbons (Fsp3) is 0. The van der Waals surface area contributed by atoms with Crippen LogP contribution >= 0.6 is 27.3 Å². The maximum absolute atomic E-state index is 10.7. The Hall–Kier alpha value is -3.22. The number of anilines is 1. The predicted molar refractivity (Wildman–Crippen MR) is 111 cm³/mol. The van der Waals surface area contributed by atoms with Gasteiger partial charge in [0.2, 0.25) is 0 Å². The minimum absolute atomic E-state index is 0.205. The van der Waals surface area contributed by atoms with E-state index in [4.69, 9.17) is 16.7 Å². The highest BCUT2D eigenvalue weighted by Crippen LogP contribution is 2.35. The number of aromatic amines is 1. The number of nitrogens with zero attached hydrogens (tertiary/aromatic N) is 3. The quantitative estimate of drug-likeness (QED) is 0.406. The van der Waals surface area contributed by atoms with Crippen LogP contribution in [0.15, 0.2) is 46.4 Å². The molecule has 0 spiro atoms. The molecule has 0 saturated heterocycles. The number of H-pyrrole nitrogens is 1. The Labute approximate surface area is 166 Å². The number of nitrogens with one attached hydrogen (secondary N) is 1. The highest BCUT2D eigenvalue weighted by Gasteiger charge is 2.09. The number of carbonyl (C=O) groups is 1. The largest absolute Gasteiger partial charge is 0.383 e. The van der Waals surface area contributed by atoms with E-state index >= 15 is 0 Å². The summed E-state index contributed by atoms with van der Waals surface area (Å²) in [4.78, 5) is 21.6. The highest BCUT2D eigenvalue weighted by atomic mass is 79.9. The Bertz CT molecular complexity index is 1170. The number of halogens is 1. The summed E-state index contributed by atoms with van der Waals surface area (Å²) in [5, 5.41) is 11.4. The summed E-state index contributed by atoms with van der Waals surface area (Å²) >= 11 is 5.00. The monoisotopic (exact) mass is 440 g/mol. The van der Waals surface area contributed by atoms with Crippen LogP contribution in [0.4, 0.5) is 5.82 Å². The van der Waals surface area contributed by atoms with E-state index in [-0.39, 0.29) is 5.82 Å². The summed E-state index contributed by atoms with van der Waals surface area (Å²) < 4.78 is 1.99. The van der Waals surface area contributed by atoms with E-state index in [1.54, 1.807) is 23.6 Å². The Morgan fingerprint density at radius 1 is 1.37 bits per heavy atom. The summed E-state index contributed by atoms with van der Waals surface area (Å²) in [6, 6.07) is 9.34. The van der Waals surface area contributed by atoms with Crippen LogP contribution in [0.1, 0.15) is 16.2 Å². The van der Waals surface area contributed by atoms with Crippen LogP contribution < -0.4 is 11.5 Å². The normalized spacial score (nSPS) is 10.7. The molecule has 0 aliphatic carbocycles. The maximum atomic E-state index is 10.7. The first-order valence-electron chi connectivity index (χ1n) is 7.63. The number of nitrogens with two attached hydrogens (primary N) is 2. The molecule has 134 valence electrons. The Kier molecular flexibility index (Phi) is 5.49. The number of hydrogen-bond acceptors (Lipinski definition) is 6.